The van der Waals surface area contributed by atoms with Crippen LogP contribution in [-0.4, -0.2) is 5.71 Å². The van der Waals surface area contributed by atoms with Crippen molar-refractivity contribution >= 4 is 22.7 Å². The monoisotopic (exact) mass is 256 g/mol. The molecule has 2 aromatic carbocycles. The smallest absolute Gasteiger partial charge is 0.0738 e. The van der Waals surface area contributed by atoms with E-state index in [1.54, 1.807) is 0 Å². The van der Waals surface area contributed by atoms with E-state index in [2.05, 4.69) is 42.5 Å². The summed E-state index contributed by atoms with van der Waals surface area (Å²) >= 11 is 0. The summed E-state index contributed by atoms with van der Waals surface area (Å²) in [5, 5.41) is 2.35. The van der Waals surface area contributed by atoms with Gasteiger partial charge in [-0.15, -0.1) is 0 Å². The summed E-state index contributed by atoms with van der Waals surface area (Å²) < 4.78 is 0. The Kier molecular flexibility index (Phi) is 1.83. The molecule has 2 nitrogen and oxygen atoms in total. The number of aliphatic imine (C=N–C) groups is 1. The highest BCUT2D eigenvalue weighted by molar-refractivity contribution is 6.28. The molecule has 0 N–H and O–H groups in total. The lowest BCUT2D eigenvalue weighted by atomic mass is 9.96. The number of nitrogens with zero attached hydrogens (tertiary/aromatic N) is 2. The van der Waals surface area contributed by atoms with Gasteiger partial charge in [-0.3, -0.25) is 0 Å². The molecule has 0 radical (unpaired) electrons. The van der Waals surface area contributed by atoms with E-state index in [0.717, 1.165) is 35.3 Å². The van der Waals surface area contributed by atoms with Gasteiger partial charge in [-0.1, -0.05) is 24.3 Å². The van der Waals surface area contributed by atoms with Crippen LogP contribution in [0.1, 0.15) is 12.8 Å². The van der Waals surface area contributed by atoms with Crippen molar-refractivity contribution in [2.24, 2.45) is 9.98 Å². The average Bonchev–Trinajstić information content (AvgIpc) is 3.02. The maximum absolute atomic E-state index is 4.75. The summed E-state index contributed by atoms with van der Waals surface area (Å²) in [5.41, 5.74) is 7.18. The largest absolute Gasteiger partial charge is 0.248 e. The molecule has 3 aliphatic rings. The zero-order valence-corrected chi connectivity index (χ0v) is 10.9. The fraction of sp³-hybridized carbons (Fsp3) is 0.111. The maximum Gasteiger partial charge on any atom is 0.0738 e. The highest BCUT2D eigenvalue weighted by Crippen LogP contribution is 2.33. The van der Waals surface area contributed by atoms with Gasteiger partial charge in [-0.2, -0.15) is 0 Å². The van der Waals surface area contributed by atoms with Crippen LogP contribution in [0.15, 0.2) is 58.5 Å². The normalized spacial score (nSPS) is 17.0. The number of fused-ring (bicyclic) bond motifs is 5. The van der Waals surface area contributed by atoms with Crippen LogP contribution in [0.4, 0.5) is 11.4 Å². The van der Waals surface area contributed by atoms with Gasteiger partial charge in [0.05, 0.1) is 22.4 Å². The summed E-state index contributed by atoms with van der Waals surface area (Å²) in [6.45, 7) is 0. The first-order valence-corrected chi connectivity index (χ1v) is 7.01. The van der Waals surface area contributed by atoms with Crippen LogP contribution in [0, 0.1) is 0 Å². The van der Waals surface area contributed by atoms with Gasteiger partial charge in [0.2, 0.25) is 0 Å². The van der Waals surface area contributed by atoms with Crippen molar-refractivity contribution in [2.45, 2.75) is 12.8 Å². The van der Waals surface area contributed by atoms with Crippen LogP contribution < -0.4 is 10.6 Å². The Morgan fingerprint density at radius 2 is 1.85 bits per heavy atom. The second kappa shape index (κ2) is 3.54. The number of rotatable bonds is 0. The number of benzene rings is 2. The Bertz CT molecular complexity index is 946. The standard InChI is InChI=1S/C18H12N2/c1-3-7-15-11(5-1)13-9-14-12-6-2-4-8-16(12)20-18(14)10-17(13)19-15/h1,3-5,7-10H,2,6H2. The highest BCUT2D eigenvalue weighted by atomic mass is 14.8. The number of allylic oxidation sites excluding steroid dienone is 2. The minimum Gasteiger partial charge on any atom is -0.248 e. The molecule has 0 saturated heterocycles. The molecule has 0 spiro atoms. The van der Waals surface area contributed by atoms with Crippen molar-refractivity contribution < 1.29 is 0 Å². The fourth-order valence-electron chi connectivity index (χ4n) is 3.31. The van der Waals surface area contributed by atoms with E-state index in [0.29, 0.717) is 0 Å². The topological polar surface area (TPSA) is 24.7 Å². The molecule has 0 saturated carbocycles. The van der Waals surface area contributed by atoms with E-state index >= 15 is 0 Å². The fourth-order valence-corrected chi connectivity index (χ4v) is 3.31. The minimum atomic E-state index is 1.05. The van der Waals surface area contributed by atoms with Crippen molar-refractivity contribution in [1.82, 2.24) is 0 Å². The molecular formula is C18H12N2. The van der Waals surface area contributed by atoms with E-state index in [1.807, 2.05) is 6.07 Å². The van der Waals surface area contributed by atoms with Crippen molar-refractivity contribution in [3.05, 3.63) is 59.1 Å². The Labute approximate surface area is 116 Å². The number of hydrogen-bond acceptors (Lipinski definition) is 2. The van der Waals surface area contributed by atoms with E-state index < -0.39 is 0 Å². The molecule has 0 aromatic heterocycles. The molecule has 1 aliphatic carbocycles. The van der Waals surface area contributed by atoms with Gasteiger partial charge in [0.15, 0.2) is 0 Å². The number of hydrogen-bond donors (Lipinski definition) is 0. The molecule has 20 heavy (non-hydrogen) atoms. The predicted molar refractivity (Wildman–Crippen MR) is 81.2 cm³/mol. The molecule has 0 unspecified atom stereocenters. The predicted octanol–water partition coefficient (Wildman–Crippen LogP) is 3.21. The molecule has 0 amide bonds. The zero-order valence-electron chi connectivity index (χ0n) is 10.9. The lowest BCUT2D eigenvalue weighted by Crippen LogP contribution is -2.13. The SMILES string of the molecule is C1=CC2=Nc3cc4c(cc3=C2CC1)-c1ccccc1N=4. The molecule has 0 atom stereocenters. The van der Waals surface area contributed by atoms with Gasteiger partial charge in [-0.05, 0) is 42.7 Å². The van der Waals surface area contributed by atoms with Crippen molar-refractivity contribution in [1.29, 1.82) is 0 Å². The lowest BCUT2D eigenvalue weighted by Gasteiger charge is -2.06. The van der Waals surface area contributed by atoms with Gasteiger partial charge in [0.1, 0.15) is 0 Å². The summed E-state index contributed by atoms with van der Waals surface area (Å²) in [6.07, 6.45) is 6.57. The first-order valence-electron chi connectivity index (χ1n) is 7.01. The molecule has 2 heterocycles. The Hall–Kier alpha value is -2.48. The van der Waals surface area contributed by atoms with E-state index in [9.17, 15) is 0 Å². The first-order chi connectivity index (χ1) is 9.90. The van der Waals surface area contributed by atoms with Gasteiger partial charge in [0.25, 0.3) is 0 Å². The summed E-state index contributed by atoms with van der Waals surface area (Å²) in [7, 11) is 0. The molecule has 0 fully saturated rings. The second-order valence-corrected chi connectivity index (χ2v) is 5.43. The quantitative estimate of drug-likeness (QED) is 0.590. The number of para-hydroxylation sites is 1. The van der Waals surface area contributed by atoms with Crippen molar-refractivity contribution in [2.75, 3.05) is 0 Å². The van der Waals surface area contributed by atoms with E-state index in [1.165, 1.54) is 21.9 Å². The third-order valence-electron chi connectivity index (χ3n) is 4.26. The summed E-state index contributed by atoms with van der Waals surface area (Å²) in [6, 6.07) is 12.8. The third-order valence-corrected chi connectivity index (χ3v) is 4.26. The van der Waals surface area contributed by atoms with E-state index in [-0.39, 0.29) is 0 Å². The van der Waals surface area contributed by atoms with Crippen molar-refractivity contribution in [3.63, 3.8) is 0 Å². The first kappa shape index (κ1) is 10.3. The molecule has 5 rings (SSSR count). The molecule has 94 valence electrons. The average molecular weight is 256 g/mol. The zero-order chi connectivity index (χ0) is 13.1. The van der Waals surface area contributed by atoms with Gasteiger partial charge >= 0.3 is 0 Å². The molecule has 2 heteroatoms. The van der Waals surface area contributed by atoms with Crippen LogP contribution in [0.3, 0.4) is 0 Å². The Balaban J connectivity index is 1.87. The summed E-state index contributed by atoms with van der Waals surface area (Å²) in [4.78, 5) is 9.46. The molecule has 2 aliphatic heterocycles. The van der Waals surface area contributed by atoms with Crippen LogP contribution in [0.5, 0.6) is 0 Å². The summed E-state index contributed by atoms with van der Waals surface area (Å²) in [5.74, 6) is 0. The van der Waals surface area contributed by atoms with Crippen LogP contribution in [0.25, 0.3) is 16.7 Å². The molecule has 2 aromatic rings. The minimum absolute atomic E-state index is 1.05. The highest BCUT2D eigenvalue weighted by Gasteiger charge is 2.20. The van der Waals surface area contributed by atoms with Gasteiger partial charge in [-0.25, -0.2) is 9.98 Å². The van der Waals surface area contributed by atoms with Crippen LogP contribution >= 0.6 is 0 Å². The maximum atomic E-state index is 4.75. The van der Waals surface area contributed by atoms with Gasteiger partial charge < -0.3 is 0 Å². The van der Waals surface area contributed by atoms with E-state index in [4.69, 9.17) is 9.98 Å². The van der Waals surface area contributed by atoms with Crippen LogP contribution in [-0.2, 0) is 0 Å². The van der Waals surface area contributed by atoms with Gasteiger partial charge in [0, 0.05) is 16.3 Å². The Morgan fingerprint density at radius 1 is 0.900 bits per heavy atom. The molecular weight excluding hydrogens is 244 g/mol. The van der Waals surface area contributed by atoms with Crippen molar-refractivity contribution in [3.8, 4) is 11.1 Å². The second-order valence-electron chi connectivity index (χ2n) is 5.43. The third kappa shape index (κ3) is 1.23. The molecule has 0 bridgehead atoms. The van der Waals surface area contributed by atoms with Crippen LogP contribution in [0.2, 0.25) is 0 Å². The Morgan fingerprint density at radius 3 is 2.85 bits per heavy atom. The lowest BCUT2D eigenvalue weighted by molar-refractivity contribution is 1.07.